The van der Waals surface area contributed by atoms with Crippen LogP contribution in [0.15, 0.2) is 61.1 Å². The van der Waals surface area contributed by atoms with Gasteiger partial charge in [0.15, 0.2) is 0 Å². The maximum absolute atomic E-state index is 12.9. The molecule has 3 aromatic rings. The van der Waals surface area contributed by atoms with Gasteiger partial charge in [0.2, 0.25) is 5.95 Å². The molecule has 0 unspecified atom stereocenters. The lowest BCUT2D eigenvalue weighted by Gasteiger charge is -2.07. The van der Waals surface area contributed by atoms with E-state index in [0.717, 1.165) is 11.3 Å². The van der Waals surface area contributed by atoms with Crippen molar-refractivity contribution >= 4 is 11.9 Å². The van der Waals surface area contributed by atoms with Crippen molar-refractivity contribution in [2.24, 2.45) is 0 Å². The number of hydrogen-bond donors (Lipinski definition) is 2. The first kappa shape index (κ1) is 16.5. The van der Waals surface area contributed by atoms with Crippen molar-refractivity contribution in [3.8, 4) is 0 Å². The highest BCUT2D eigenvalue weighted by Crippen LogP contribution is 2.06. The highest BCUT2D eigenvalue weighted by Gasteiger charge is 2.07. The Hall–Kier alpha value is -3.35. The summed E-state index contributed by atoms with van der Waals surface area (Å²) in [5, 5.41) is 5.78. The summed E-state index contributed by atoms with van der Waals surface area (Å²) in [6.07, 6.45) is 4.58. The number of pyridine rings is 1. The van der Waals surface area contributed by atoms with E-state index in [-0.39, 0.29) is 11.7 Å². The first-order chi connectivity index (χ1) is 12.2. The predicted octanol–water partition coefficient (Wildman–Crippen LogP) is 2.55. The minimum atomic E-state index is -0.277. The highest BCUT2D eigenvalue weighted by atomic mass is 19.1. The van der Waals surface area contributed by atoms with E-state index in [9.17, 15) is 9.18 Å². The molecule has 0 bridgehead atoms. The summed E-state index contributed by atoms with van der Waals surface area (Å²) in [5.74, 6) is -0.151. The number of carbonyl (C=O) groups excluding carboxylic acids is 1. The Bertz CT molecular complexity index is 822. The van der Waals surface area contributed by atoms with E-state index >= 15 is 0 Å². The molecule has 0 saturated carbocycles. The molecule has 0 spiro atoms. The molecule has 1 amide bonds. The molecular weight excluding hydrogens is 321 g/mol. The van der Waals surface area contributed by atoms with Gasteiger partial charge in [0.05, 0.1) is 17.8 Å². The van der Waals surface area contributed by atoms with Crippen molar-refractivity contribution in [2.45, 2.75) is 13.1 Å². The lowest BCUT2D eigenvalue weighted by molar-refractivity contribution is 0.0949. The van der Waals surface area contributed by atoms with Gasteiger partial charge in [-0.05, 0) is 29.8 Å². The molecule has 25 heavy (non-hydrogen) atoms. The minimum Gasteiger partial charge on any atom is -0.350 e. The van der Waals surface area contributed by atoms with Crippen molar-refractivity contribution in [2.75, 3.05) is 5.32 Å². The first-order valence-electron chi connectivity index (χ1n) is 7.69. The van der Waals surface area contributed by atoms with Crippen molar-refractivity contribution in [1.82, 2.24) is 20.3 Å². The molecule has 0 radical (unpaired) electrons. The molecule has 0 aliphatic rings. The number of rotatable bonds is 6. The van der Waals surface area contributed by atoms with E-state index in [2.05, 4.69) is 25.6 Å². The van der Waals surface area contributed by atoms with Crippen LogP contribution in [-0.2, 0) is 13.1 Å². The van der Waals surface area contributed by atoms with Crippen LogP contribution in [0.1, 0.15) is 21.6 Å². The summed E-state index contributed by atoms with van der Waals surface area (Å²) in [6, 6.07) is 11.7. The molecule has 0 atom stereocenters. The zero-order valence-corrected chi connectivity index (χ0v) is 13.3. The summed E-state index contributed by atoms with van der Waals surface area (Å²) in [6.45, 7) is 0.801. The van der Waals surface area contributed by atoms with Gasteiger partial charge in [-0.1, -0.05) is 18.2 Å². The molecule has 3 rings (SSSR count). The molecule has 126 valence electrons. The molecule has 0 aliphatic heterocycles. The average Bonchev–Trinajstić information content (AvgIpc) is 2.67. The molecule has 7 heteroatoms. The van der Waals surface area contributed by atoms with Gasteiger partial charge >= 0.3 is 0 Å². The molecule has 2 N–H and O–H groups in total. The van der Waals surface area contributed by atoms with Crippen LogP contribution in [0.25, 0.3) is 0 Å². The summed E-state index contributed by atoms with van der Waals surface area (Å²) in [5.41, 5.74) is 2.04. The van der Waals surface area contributed by atoms with Crippen LogP contribution in [0.3, 0.4) is 0 Å². The average molecular weight is 337 g/mol. The Labute approximate surface area is 144 Å². The first-order valence-corrected chi connectivity index (χ1v) is 7.69. The van der Waals surface area contributed by atoms with E-state index < -0.39 is 0 Å². The third-order valence-corrected chi connectivity index (χ3v) is 3.43. The van der Waals surface area contributed by atoms with Gasteiger partial charge in [-0.3, -0.25) is 9.78 Å². The minimum absolute atomic E-state index is 0.268. The second kappa shape index (κ2) is 7.96. The molecule has 1 aromatic carbocycles. The number of carbonyl (C=O) groups is 1. The molecule has 0 saturated heterocycles. The molecule has 0 aliphatic carbocycles. The van der Waals surface area contributed by atoms with Crippen molar-refractivity contribution in [1.29, 1.82) is 0 Å². The third kappa shape index (κ3) is 4.81. The Morgan fingerprint density at radius 2 is 1.72 bits per heavy atom. The van der Waals surface area contributed by atoms with E-state index in [0.29, 0.717) is 24.6 Å². The predicted molar refractivity (Wildman–Crippen MR) is 91.2 cm³/mol. The fourth-order valence-corrected chi connectivity index (χ4v) is 2.10. The summed E-state index contributed by atoms with van der Waals surface area (Å²) >= 11 is 0. The lowest BCUT2D eigenvalue weighted by atomic mass is 10.2. The van der Waals surface area contributed by atoms with Gasteiger partial charge in [0.25, 0.3) is 5.91 Å². The zero-order valence-electron chi connectivity index (χ0n) is 13.3. The van der Waals surface area contributed by atoms with Crippen LogP contribution in [-0.4, -0.2) is 20.9 Å². The topological polar surface area (TPSA) is 79.8 Å². The maximum atomic E-state index is 12.9. The Kier molecular flexibility index (Phi) is 5.26. The lowest BCUT2D eigenvalue weighted by Crippen LogP contribution is -2.23. The quantitative estimate of drug-likeness (QED) is 0.723. The molecular formula is C18H16FN5O. The Morgan fingerprint density at radius 3 is 2.40 bits per heavy atom. The van der Waals surface area contributed by atoms with Gasteiger partial charge in [-0.2, -0.15) is 0 Å². The number of nitrogens with one attached hydrogen (secondary N) is 2. The number of aromatic nitrogens is 3. The summed E-state index contributed by atoms with van der Waals surface area (Å²) in [7, 11) is 0. The standard InChI is InChI=1S/C18H16FN5O/c19-15-6-4-13(5-7-15)9-22-18-23-10-14(11-24-18)17(25)21-12-16-3-1-2-8-20-16/h1-8,10-11H,9,12H2,(H,21,25)(H,22,23,24). The van der Waals surface area contributed by atoms with Crippen molar-refractivity contribution < 1.29 is 9.18 Å². The van der Waals surface area contributed by atoms with Crippen LogP contribution in [0.4, 0.5) is 10.3 Å². The van der Waals surface area contributed by atoms with Crippen LogP contribution in [0, 0.1) is 5.82 Å². The molecule has 2 heterocycles. The van der Waals surface area contributed by atoms with E-state index in [1.807, 2.05) is 18.2 Å². The molecule has 2 aromatic heterocycles. The number of anilines is 1. The largest absolute Gasteiger partial charge is 0.350 e. The number of benzene rings is 1. The summed E-state index contributed by atoms with van der Waals surface area (Å²) < 4.78 is 12.9. The van der Waals surface area contributed by atoms with Gasteiger partial charge in [-0.15, -0.1) is 0 Å². The fraction of sp³-hybridized carbons (Fsp3) is 0.111. The van der Waals surface area contributed by atoms with Crippen LogP contribution in [0.2, 0.25) is 0 Å². The smallest absolute Gasteiger partial charge is 0.254 e. The van der Waals surface area contributed by atoms with E-state index in [1.165, 1.54) is 24.5 Å². The van der Waals surface area contributed by atoms with Crippen molar-refractivity contribution in [3.63, 3.8) is 0 Å². The molecule has 6 nitrogen and oxygen atoms in total. The van der Waals surface area contributed by atoms with Gasteiger partial charge in [0, 0.05) is 25.1 Å². The Morgan fingerprint density at radius 1 is 0.960 bits per heavy atom. The van der Waals surface area contributed by atoms with Crippen LogP contribution >= 0.6 is 0 Å². The number of hydrogen-bond acceptors (Lipinski definition) is 5. The Balaban J connectivity index is 1.52. The van der Waals surface area contributed by atoms with Gasteiger partial charge < -0.3 is 10.6 Å². The third-order valence-electron chi connectivity index (χ3n) is 3.43. The normalized spacial score (nSPS) is 10.3. The maximum Gasteiger partial charge on any atom is 0.254 e. The SMILES string of the molecule is O=C(NCc1ccccn1)c1cnc(NCc2ccc(F)cc2)nc1. The van der Waals surface area contributed by atoms with E-state index in [4.69, 9.17) is 0 Å². The van der Waals surface area contributed by atoms with E-state index in [1.54, 1.807) is 18.3 Å². The zero-order chi connectivity index (χ0) is 17.5. The second-order valence-electron chi connectivity index (χ2n) is 5.28. The van der Waals surface area contributed by atoms with Crippen LogP contribution in [0.5, 0.6) is 0 Å². The van der Waals surface area contributed by atoms with Gasteiger partial charge in [-0.25, -0.2) is 14.4 Å². The second-order valence-corrected chi connectivity index (χ2v) is 5.28. The summed E-state index contributed by atoms with van der Waals surface area (Å²) in [4.78, 5) is 24.4. The molecule has 0 fully saturated rings. The number of amides is 1. The monoisotopic (exact) mass is 337 g/mol. The fourth-order valence-electron chi connectivity index (χ4n) is 2.10. The van der Waals surface area contributed by atoms with Crippen molar-refractivity contribution in [3.05, 3.63) is 83.7 Å². The van der Waals surface area contributed by atoms with Gasteiger partial charge in [0.1, 0.15) is 5.82 Å². The number of nitrogens with zero attached hydrogens (tertiary/aromatic N) is 3. The highest BCUT2D eigenvalue weighted by molar-refractivity contribution is 5.93. The van der Waals surface area contributed by atoms with Crippen LogP contribution < -0.4 is 10.6 Å². The number of halogens is 1.